The van der Waals surface area contributed by atoms with Gasteiger partial charge in [0.2, 0.25) is 0 Å². The van der Waals surface area contributed by atoms with Crippen molar-refractivity contribution in [1.82, 2.24) is 5.16 Å². The lowest BCUT2D eigenvalue weighted by Gasteiger charge is -2.06. The standard InChI is InChI=1S/C13H14N2O2/c1-8-4-9(2)6-11(5-8)14-13(16)12-10(3)7-17-15-12/h4-7H,1-3H3,(H,14,16). The van der Waals surface area contributed by atoms with E-state index in [9.17, 15) is 4.79 Å². The summed E-state index contributed by atoms with van der Waals surface area (Å²) in [5.41, 5.74) is 4.04. The molecule has 2 rings (SSSR count). The molecule has 4 nitrogen and oxygen atoms in total. The Morgan fingerprint density at radius 1 is 1.18 bits per heavy atom. The average Bonchev–Trinajstić information content (AvgIpc) is 2.62. The van der Waals surface area contributed by atoms with Gasteiger partial charge in [0.05, 0.1) is 0 Å². The van der Waals surface area contributed by atoms with Crippen molar-refractivity contribution in [2.75, 3.05) is 5.32 Å². The Morgan fingerprint density at radius 3 is 2.35 bits per heavy atom. The molecule has 0 aliphatic heterocycles. The van der Waals surface area contributed by atoms with E-state index in [2.05, 4.69) is 16.5 Å². The van der Waals surface area contributed by atoms with Crippen molar-refractivity contribution in [3.8, 4) is 0 Å². The summed E-state index contributed by atoms with van der Waals surface area (Å²) in [7, 11) is 0. The van der Waals surface area contributed by atoms with E-state index < -0.39 is 0 Å². The molecule has 0 aliphatic rings. The highest BCUT2D eigenvalue weighted by Crippen LogP contribution is 2.15. The van der Waals surface area contributed by atoms with Crippen molar-refractivity contribution in [2.24, 2.45) is 0 Å². The Balaban J connectivity index is 2.21. The molecular formula is C13H14N2O2. The first-order chi connectivity index (χ1) is 8.06. The maximum absolute atomic E-state index is 11.9. The first-order valence-electron chi connectivity index (χ1n) is 5.37. The van der Waals surface area contributed by atoms with E-state index in [1.54, 1.807) is 6.92 Å². The van der Waals surface area contributed by atoms with Gasteiger partial charge >= 0.3 is 0 Å². The number of benzene rings is 1. The third kappa shape index (κ3) is 2.53. The number of carbonyl (C=O) groups excluding carboxylic acids is 1. The van der Waals surface area contributed by atoms with Crippen molar-refractivity contribution in [1.29, 1.82) is 0 Å². The van der Waals surface area contributed by atoms with Gasteiger partial charge in [-0.2, -0.15) is 0 Å². The molecule has 17 heavy (non-hydrogen) atoms. The van der Waals surface area contributed by atoms with Crippen LogP contribution in [0.25, 0.3) is 0 Å². The van der Waals surface area contributed by atoms with Crippen LogP contribution in [0.15, 0.2) is 29.0 Å². The van der Waals surface area contributed by atoms with Crippen molar-refractivity contribution in [3.63, 3.8) is 0 Å². The van der Waals surface area contributed by atoms with Crippen LogP contribution >= 0.6 is 0 Å². The summed E-state index contributed by atoms with van der Waals surface area (Å²) in [5.74, 6) is -0.249. The molecule has 1 aromatic heterocycles. The van der Waals surface area contributed by atoms with E-state index >= 15 is 0 Å². The number of hydrogen-bond donors (Lipinski definition) is 1. The fourth-order valence-electron chi connectivity index (χ4n) is 1.74. The third-order valence-corrected chi connectivity index (χ3v) is 2.44. The van der Waals surface area contributed by atoms with E-state index in [1.165, 1.54) is 6.26 Å². The molecule has 0 fully saturated rings. The Labute approximate surface area is 99.6 Å². The lowest BCUT2D eigenvalue weighted by Crippen LogP contribution is -2.13. The molecular weight excluding hydrogens is 216 g/mol. The summed E-state index contributed by atoms with van der Waals surface area (Å²) in [6.45, 7) is 5.76. The Kier molecular flexibility index (Phi) is 2.95. The van der Waals surface area contributed by atoms with Crippen molar-refractivity contribution >= 4 is 11.6 Å². The second kappa shape index (κ2) is 4.41. The number of aryl methyl sites for hydroxylation is 3. The van der Waals surface area contributed by atoms with E-state index in [1.807, 2.05) is 26.0 Å². The largest absolute Gasteiger partial charge is 0.364 e. The molecule has 1 heterocycles. The molecule has 88 valence electrons. The fraction of sp³-hybridized carbons (Fsp3) is 0.231. The molecule has 1 N–H and O–H groups in total. The summed E-state index contributed by atoms with van der Waals surface area (Å²) < 4.78 is 4.74. The van der Waals surface area contributed by atoms with Crippen LogP contribution < -0.4 is 5.32 Å². The zero-order valence-electron chi connectivity index (χ0n) is 10.1. The van der Waals surface area contributed by atoms with Crippen molar-refractivity contribution in [3.05, 3.63) is 46.8 Å². The number of hydrogen-bond acceptors (Lipinski definition) is 3. The van der Waals surface area contributed by atoms with Gasteiger partial charge in [0, 0.05) is 11.3 Å². The number of amides is 1. The number of carbonyl (C=O) groups is 1. The number of nitrogens with one attached hydrogen (secondary N) is 1. The molecule has 1 aromatic carbocycles. The van der Waals surface area contributed by atoms with Crippen LogP contribution in [0, 0.1) is 20.8 Å². The molecule has 0 atom stereocenters. The lowest BCUT2D eigenvalue weighted by atomic mass is 10.1. The molecule has 0 saturated heterocycles. The van der Waals surface area contributed by atoms with Gasteiger partial charge < -0.3 is 9.84 Å². The lowest BCUT2D eigenvalue weighted by molar-refractivity contribution is 0.101. The highest BCUT2D eigenvalue weighted by atomic mass is 16.5. The molecule has 0 bridgehead atoms. The van der Waals surface area contributed by atoms with Gasteiger partial charge in [-0.15, -0.1) is 0 Å². The van der Waals surface area contributed by atoms with Gasteiger partial charge in [-0.05, 0) is 44.0 Å². The third-order valence-electron chi connectivity index (χ3n) is 2.44. The molecule has 0 saturated carbocycles. The van der Waals surface area contributed by atoms with Crippen LogP contribution in [-0.4, -0.2) is 11.1 Å². The minimum absolute atomic E-state index is 0.249. The zero-order chi connectivity index (χ0) is 12.4. The predicted octanol–water partition coefficient (Wildman–Crippen LogP) is 2.85. The summed E-state index contributed by atoms with van der Waals surface area (Å²) >= 11 is 0. The van der Waals surface area contributed by atoms with Crippen molar-refractivity contribution < 1.29 is 9.32 Å². The Bertz CT molecular complexity index is 538. The summed E-state index contributed by atoms with van der Waals surface area (Å²) in [4.78, 5) is 11.9. The molecule has 0 unspecified atom stereocenters. The van der Waals surface area contributed by atoms with E-state index in [4.69, 9.17) is 4.52 Å². The molecule has 0 aliphatic carbocycles. The molecule has 4 heteroatoms. The van der Waals surface area contributed by atoms with Crippen LogP contribution in [0.5, 0.6) is 0 Å². The first-order valence-corrected chi connectivity index (χ1v) is 5.37. The maximum Gasteiger partial charge on any atom is 0.278 e. The maximum atomic E-state index is 11.9. The SMILES string of the molecule is Cc1cc(C)cc(NC(=O)c2nocc2C)c1. The normalized spacial score (nSPS) is 10.3. The minimum Gasteiger partial charge on any atom is -0.364 e. The Morgan fingerprint density at radius 2 is 1.82 bits per heavy atom. The van der Waals surface area contributed by atoms with Gasteiger partial charge in [-0.1, -0.05) is 11.2 Å². The topological polar surface area (TPSA) is 55.1 Å². The van der Waals surface area contributed by atoms with E-state index in [0.717, 1.165) is 22.4 Å². The van der Waals surface area contributed by atoms with Crippen LogP contribution in [0.2, 0.25) is 0 Å². The summed E-state index contributed by atoms with van der Waals surface area (Å²) in [6.07, 6.45) is 1.45. The highest BCUT2D eigenvalue weighted by molar-refractivity contribution is 6.03. The van der Waals surface area contributed by atoms with Crippen LogP contribution in [0.1, 0.15) is 27.2 Å². The van der Waals surface area contributed by atoms with Crippen LogP contribution in [-0.2, 0) is 0 Å². The highest BCUT2D eigenvalue weighted by Gasteiger charge is 2.13. The zero-order valence-corrected chi connectivity index (χ0v) is 10.1. The smallest absolute Gasteiger partial charge is 0.278 e. The van der Waals surface area contributed by atoms with Gasteiger partial charge in [-0.25, -0.2) is 0 Å². The minimum atomic E-state index is -0.249. The molecule has 1 amide bonds. The monoisotopic (exact) mass is 230 g/mol. The van der Waals surface area contributed by atoms with E-state index in [-0.39, 0.29) is 5.91 Å². The number of nitrogens with zero attached hydrogens (tertiary/aromatic N) is 1. The van der Waals surface area contributed by atoms with Crippen LogP contribution in [0.4, 0.5) is 5.69 Å². The van der Waals surface area contributed by atoms with Crippen LogP contribution in [0.3, 0.4) is 0 Å². The first kappa shape index (κ1) is 11.4. The fourth-order valence-corrected chi connectivity index (χ4v) is 1.74. The van der Waals surface area contributed by atoms with Gasteiger partial charge in [0.15, 0.2) is 5.69 Å². The van der Waals surface area contributed by atoms with Gasteiger partial charge in [-0.3, -0.25) is 4.79 Å². The second-order valence-corrected chi connectivity index (χ2v) is 4.18. The van der Waals surface area contributed by atoms with Gasteiger partial charge in [0.25, 0.3) is 5.91 Å². The molecule has 0 spiro atoms. The Hall–Kier alpha value is -2.10. The number of anilines is 1. The number of rotatable bonds is 2. The summed E-state index contributed by atoms with van der Waals surface area (Å²) in [6, 6.07) is 5.89. The quantitative estimate of drug-likeness (QED) is 0.863. The molecule has 2 aromatic rings. The summed E-state index contributed by atoms with van der Waals surface area (Å²) in [5, 5.41) is 6.48. The molecule has 0 radical (unpaired) electrons. The predicted molar refractivity (Wildman–Crippen MR) is 65.1 cm³/mol. The second-order valence-electron chi connectivity index (χ2n) is 4.18. The van der Waals surface area contributed by atoms with Gasteiger partial charge in [0.1, 0.15) is 6.26 Å². The number of aromatic nitrogens is 1. The van der Waals surface area contributed by atoms with Crippen molar-refractivity contribution in [2.45, 2.75) is 20.8 Å². The average molecular weight is 230 g/mol. The van der Waals surface area contributed by atoms with E-state index in [0.29, 0.717) is 5.69 Å².